The first-order chi connectivity index (χ1) is 18.7. The van der Waals surface area contributed by atoms with Crippen LogP contribution in [0.2, 0.25) is 0 Å². The summed E-state index contributed by atoms with van der Waals surface area (Å²) in [6.45, 7) is 3.56. The van der Waals surface area contributed by atoms with Gasteiger partial charge in [-0.3, -0.25) is 23.5 Å². The van der Waals surface area contributed by atoms with Crippen molar-refractivity contribution in [3.63, 3.8) is 0 Å². The van der Waals surface area contributed by atoms with Crippen LogP contribution in [0, 0.1) is 6.92 Å². The molecule has 1 amide bonds. The van der Waals surface area contributed by atoms with E-state index < -0.39 is 54.4 Å². The van der Waals surface area contributed by atoms with Crippen molar-refractivity contribution in [3.8, 4) is 0 Å². The van der Waals surface area contributed by atoms with E-state index in [-0.39, 0.29) is 39.9 Å². The molecule has 1 atom stereocenters. The molecule has 1 N–H and O–H groups in total. The van der Waals surface area contributed by atoms with Crippen molar-refractivity contribution in [3.05, 3.63) is 67.2 Å². The van der Waals surface area contributed by atoms with Crippen molar-refractivity contribution in [2.75, 3.05) is 13.1 Å². The molecule has 4 rings (SSSR count). The summed E-state index contributed by atoms with van der Waals surface area (Å²) in [5.41, 5.74) is -2.81. The molecule has 3 aromatic rings. The number of alkyl halides is 3. The van der Waals surface area contributed by atoms with Gasteiger partial charge in [-0.2, -0.15) is 13.2 Å². The summed E-state index contributed by atoms with van der Waals surface area (Å²) in [5, 5.41) is 11.1. The fourth-order valence-electron chi connectivity index (χ4n) is 4.93. The molecule has 40 heavy (non-hydrogen) atoms. The van der Waals surface area contributed by atoms with Gasteiger partial charge in [0.05, 0.1) is 23.2 Å². The van der Waals surface area contributed by atoms with Gasteiger partial charge in [0.1, 0.15) is 16.5 Å². The van der Waals surface area contributed by atoms with Gasteiger partial charge in [-0.15, -0.1) is 11.3 Å². The highest BCUT2D eigenvalue weighted by molar-refractivity contribution is 7.20. The maximum Gasteiger partial charge on any atom is 0.390 e. The van der Waals surface area contributed by atoms with Crippen molar-refractivity contribution < 1.29 is 32.6 Å². The Morgan fingerprint density at radius 1 is 1.10 bits per heavy atom. The predicted molar refractivity (Wildman–Crippen MR) is 142 cm³/mol. The van der Waals surface area contributed by atoms with Crippen LogP contribution in [0.4, 0.5) is 13.2 Å². The molecule has 1 unspecified atom stereocenters. The van der Waals surface area contributed by atoms with E-state index in [0.717, 1.165) is 20.5 Å². The normalized spacial score (nSPS) is 16.2. The number of ether oxygens (including phenoxy) is 1. The molecule has 1 aliphatic heterocycles. The maximum absolute atomic E-state index is 13.6. The van der Waals surface area contributed by atoms with E-state index in [9.17, 15) is 37.5 Å². The second-order valence-electron chi connectivity index (χ2n) is 10.2. The first-order valence-corrected chi connectivity index (χ1v) is 13.6. The highest BCUT2D eigenvalue weighted by Crippen LogP contribution is 2.31. The van der Waals surface area contributed by atoms with Crippen molar-refractivity contribution in [2.45, 2.75) is 71.0 Å². The zero-order chi connectivity index (χ0) is 29.4. The average molecular weight is 582 g/mol. The largest absolute Gasteiger partial charge is 0.462 e. The number of thiophene rings is 1. The fraction of sp³-hybridized carbons (Fsp3) is 0.481. The molecule has 3 heterocycles. The highest BCUT2D eigenvalue weighted by atomic mass is 32.1. The number of piperidine rings is 1. The van der Waals surface area contributed by atoms with E-state index in [2.05, 4.69) is 0 Å². The van der Waals surface area contributed by atoms with Crippen LogP contribution in [0.1, 0.15) is 53.9 Å². The minimum Gasteiger partial charge on any atom is -0.462 e. The van der Waals surface area contributed by atoms with E-state index in [1.807, 2.05) is 0 Å². The SMILES string of the molecule is CC(=O)OC1CCN(C(=O)c2sc3c(c2C)c(=O)n(CC(C)(O)c2ccccc2)c(=O)n3CCC(F)(F)F)CC1. The lowest BCUT2D eigenvalue weighted by Crippen LogP contribution is -2.45. The molecule has 0 radical (unpaired) electrons. The molecular formula is C27H30F3N3O6S. The first kappa shape index (κ1) is 29.5. The first-order valence-electron chi connectivity index (χ1n) is 12.8. The molecule has 0 saturated carbocycles. The van der Waals surface area contributed by atoms with Crippen LogP contribution in [-0.2, 0) is 28.2 Å². The number of hydrogen-bond donors (Lipinski definition) is 1. The number of aryl methyl sites for hydroxylation is 2. The molecule has 9 nitrogen and oxygen atoms in total. The molecule has 1 saturated heterocycles. The number of carbonyl (C=O) groups excluding carboxylic acids is 2. The quantitative estimate of drug-likeness (QED) is 0.428. The van der Waals surface area contributed by atoms with Crippen molar-refractivity contribution in [2.24, 2.45) is 0 Å². The second-order valence-corrected chi connectivity index (χ2v) is 11.2. The number of benzene rings is 1. The third-order valence-corrected chi connectivity index (χ3v) is 8.33. The Bertz CT molecular complexity index is 1530. The van der Waals surface area contributed by atoms with Crippen molar-refractivity contribution >= 4 is 33.4 Å². The van der Waals surface area contributed by atoms with Crippen LogP contribution in [0.3, 0.4) is 0 Å². The lowest BCUT2D eigenvalue weighted by atomic mass is 9.96. The van der Waals surface area contributed by atoms with Gasteiger partial charge < -0.3 is 14.7 Å². The summed E-state index contributed by atoms with van der Waals surface area (Å²) in [6.07, 6.45) is -5.36. The Morgan fingerprint density at radius 2 is 1.73 bits per heavy atom. The Morgan fingerprint density at radius 3 is 2.30 bits per heavy atom. The molecule has 2 aromatic heterocycles. The molecule has 1 aliphatic rings. The highest BCUT2D eigenvalue weighted by Gasteiger charge is 2.33. The smallest absolute Gasteiger partial charge is 0.390 e. The van der Waals surface area contributed by atoms with E-state index in [1.165, 1.54) is 25.7 Å². The number of aliphatic hydroxyl groups is 1. The summed E-state index contributed by atoms with van der Waals surface area (Å²) < 4.78 is 46.4. The van der Waals surface area contributed by atoms with Crippen molar-refractivity contribution in [1.82, 2.24) is 14.0 Å². The van der Waals surface area contributed by atoms with Gasteiger partial charge in [-0.1, -0.05) is 30.3 Å². The van der Waals surface area contributed by atoms with Crippen LogP contribution in [0.25, 0.3) is 10.2 Å². The Kier molecular flexibility index (Phi) is 8.27. The Hall–Kier alpha value is -3.45. The average Bonchev–Trinajstić information content (AvgIpc) is 3.23. The molecule has 1 fully saturated rings. The van der Waals surface area contributed by atoms with Gasteiger partial charge in [-0.25, -0.2) is 4.79 Å². The lowest BCUT2D eigenvalue weighted by Gasteiger charge is -2.31. The van der Waals surface area contributed by atoms with Crippen LogP contribution >= 0.6 is 11.3 Å². The third kappa shape index (κ3) is 6.15. The van der Waals surface area contributed by atoms with E-state index >= 15 is 0 Å². The van der Waals surface area contributed by atoms with Gasteiger partial charge in [0.2, 0.25) is 0 Å². The van der Waals surface area contributed by atoms with E-state index in [0.29, 0.717) is 18.4 Å². The van der Waals surface area contributed by atoms with Crippen molar-refractivity contribution in [1.29, 1.82) is 0 Å². The van der Waals surface area contributed by atoms with E-state index in [1.54, 1.807) is 30.3 Å². The van der Waals surface area contributed by atoms with Crippen LogP contribution < -0.4 is 11.2 Å². The lowest BCUT2D eigenvalue weighted by molar-refractivity contribution is -0.148. The summed E-state index contributed by atoms with van der Waals surface area (Å²) in [5.74, 6) is -0.832. The Labute approximate surface area is 231 Å². The topological polar surface area (TPSA) is 111 Å². The second kappa shape index (κ2) is 11.2. The van der Waals surface area contributed by atoms with Gasteiger partial charge in [-0.05, 0) is 25.0 Å². The maximum atomic E-state index is 13.6. The molecule has 0 aliphatic carbocycles. The number of fused-ring (bicyclic) bond motifs is 1. The zero-order valence-corrected chi connectivity index (χ0v) is 23.1. The number of esters is 1. The van der Waals surface area contributed by atoms with Crippen LogP contribution in [0.15, 0.2) is 39.9 Å². The number of aromatic nitrogens is 2. The molecule has 216 valence electrons. The standard InChI is InChI=1S/C27H30F3N3O6S/c1-16-20-22(35)33(15-26(3,38)18-7-5-4-6-8-18)25(37)32(14-11-27(28,29)30)24(20)40-21(16)23(36)31-12-9-19(10-13-31)39-17(2)34/h4-8,19,38H,9-15H2,1-3H3. The van der Waals surface area contributed by atoms with Gasteiger partial charge in [0, 0.05) is 39.4 Å². The minimum absolute atomic E-state index is 0.0227. The third-order valence-electron chi connectivity index (χ3n) is 7.03. The number of halogens is 3. The molecule has 13 heteroatoms. The fourth-order valence-corrected chi connectivity index (χ4v) is 6.21. The van der Waals surface area contributed by atoms with Gasteiger partial charge in [0.25, 0.3) is 11.5 Å². The number of likely N-dealkylation sites (tertiary alicyclic amines) is 1. The summed E-state index contributed by atoms with van der Waals surface area (Å²) >= 11 is 0.809. The minimum atomic E-state index is -4.57. The number of rotatable bonds is 7. The van der Waals surface area contributed by atoms with Gasteiger partial charge in [0.15, 0.2) is 0 Å². The monoisotopic (exact) mass is 581 g/mol. The molecular weight excluding hydrogens is 551 g/mol. The zero-order valence-electron chi connectivity index (χ0n) is 22.3. The molecule has 1 aromatic carbocycles. The van der Waals surface area contributed by atoms with E-state index in [4.69, 9.17) is 4.74 Å². The number of hydrogen-bond acceptors (Lipinski definition) is 7. The van der Waals surface area contributed by atoms with Crippen LogP contribution in [0.5, 0.6) is 0 Å². The number of amides is 1. The van der Waals surface area contributed by atoms with Gasteiger partial charge >= 0.3 is 17.8 Å². The van der Waals surface area contributed by atoms with Crippen LogP contribution in [-0.4, -0.2) is 56.4 Å². The number of nitrogens with zero attached hydrogens (tertiary/aromatic N) is 3. The summed E-state index contributed by atoms with van der Waals surface area (Å²) in [7, 11) is 0. The number of carbonyl (C=O) groups is 2. The Balaban J connectivity index is 1.78. The molecule has 0 bridgehead atoms. The summed E-state index contributed by atoms with van der Waals surface area (Å²) in [6, 6.07) is 8.31. The summed E-state index contributed by atoms with van der Waals surface area (Å²) in [4.78, 5) is 53.5. The predicted octanol–water partition coefficient (Wildman–Crippen LogP) is 3.56. The molecule has 0 spiro atoms.